The zero-order valence-corrected chi connectivity index (χ0v) is 13.4. The van der Waals surface area contributed by atoms with Crippen LogP contribution in [0.3, 0.4) is 0 Å². The zero-order valence-electron chi connectivity index (χ0n) is 13.4. The molecule has 0 atom stereocenters. The standard InChI is InChI=1S/C20H21NO2/c1-23-19(22)20(14-8-9-15-20)21-18(16-10-4-2-5-11-16)17-12-6-3-7-13-17/h2-7,10-13H,8-9,14-15H2,1H3. The zero-order chi connectivity index (χ0) is 16.1. The smallest absolute Gasteiger partial charge is 0.333 e. The van der Waals surface area contributed by atoms with Crippen molar-refractivity contribution in [3.05, 3.63) is 71.8 Å². The van der Waals surface area contributed by atoms with Gasteiger partial charge in [-0.25, -0.2) is 4.79 Å². The topological polar surface area (TPSA) is 38.7 Å². The molecule has 0 saturated heterocycles. The van der Waals surface area contributed by atoms with Gasteiger partial charge < -0.3 is 4.74 Å². The van der Waals surface area contributed by atoms with Gasteiger partial charge in [0.1, 0.15) is 0 Å². The Morgan fingerprint density at radius 2 is 1.39 bits per heavy atom. The van der Waals surface area contributed by atoms with E-state index in [-0.39, 0.29) is 5.97 Å². The molecule has 0 spiro atoms. The SMILES string of the molecule is COC(=O)C1(N=C(c2ccccc2)c2ccccc2)CCCC1. The van der Waals surface area contributed by atoms with Crippen LogP contribution in [0.5, 0.6) is 0 Å². The predicted octanol–water partition coefficient (Wildman–Crippen LogP) is 4.01. The lowest BCUT2D eigenvalue weighted by Gasteiger charge is -2.23. The molecule has 0 aliphatic heterocycles. The molecule has 0 aromatic heterocycles. The van der Waals surface area contributed by atoms with E-state index in [1.54, 1.807) is 0 Å². The number of aliphatic imine (C=N–C) groups is 1. The van der Waals surface area contributed by atoms with Crippen molar-refractivity contribution < 1.29 is 9.53 Å². The van der Waals surface area contributed by atoms with Gasteiger partial charge in [-0.05, 0) is 12.8 Å². The molecule has 2 aromatic carbocycles. The molecule has 23 heavy (non-hydrogen) atoms. The van der Waals surface area contributed by atoms with E-state index in [9.17, 15) is 4.79 Å². The van der Waals surface area contributed by atoms with Crippen molar-refractivity contribution in [2.24, 2.45) is 4.99 Å². The highest BCUT2D eigenvalue weighted by molar-refractivity contribution is 6.13. The Kier molecular flexibility index (Phi) is 4.56. The minimum Gasteiger partial charge on any atom is -0.467 e. The number of hydrogen-bond donors (Lipinski definition) is 0. The molecule has 0 unspecified atom stereocenters. The Bertz CT molecular complexity index is 645. The molecule has 0 bridgehead atoms. The number of hydrogen-bond acceptors (Lipinski definition) is 3. The maximum absolute atomic E-state index is 12.4. The lowest BCUT2D eigenvalue weighted by molar-refractivity contribution is -0.146. The Labute approximate surface area is 137 Å². The highest BCUT2D eigenvalue weighted by Crippen LogP contribution is 2.35. The van der Waals surface area contributed by atoms with Crippen LogP contribution in [0.4, 0.5) is 0 Å². The third-order valence-corrected chi connectivity index (χ3v) is 4.42. The summed E-state index contributed by atoms with van der Waals surface area (Å²) in [5.41, 5.74) is 2.16. The van der Waals surface area contributed by atoms with Crippen LogP contribution in [0.25, 0.3) is 0 Å². The fourth-order valence-electron chi connectivity index (χ4n) is 3.21. The summed E-state index contributed by atoms with van der Waals surface area (Å²) in [7, 11) is 1.45. The van der Waals surface area contributed by atoms with Crippen LogP contribution >= 0.6 is 0 Å². The normalized spacial score (nSPS) is 15.9. The van der Waals surface area contributed by atoms with E-state index in [0.29, 0.717) is 0 Å². The lowest BCUT2D eigenvalue weighted by atomic mass is 9.95. The van der Waals surface area contributed by atoms with Crippen LogP contribution in [-0.2, 0) is 9.53 Å². The Morgan fingerprint density at radius 3 is 1.83 bits per heavy atom. The van der Waals surface area contributed by atoms with Crippen molar-refractivity contribution in [3.8, 4) is 0 Å². The fraction of sp³-hybridized carbons (Fsp3) is 0.300. The monoisotopic (exact) mass is 307 g/mol. The molecule has 2 aromatic rings. The minimum atomic E-state index is -0.740. The molecule has 1 fully saturated rings. The first-order chi connectivity index (χ1) is 11.2. The van der Waals surface area contributed by atoms with Gasteiger partial charge in [0.2, 0.25) is 0 Å². The quantitative estimate of drug-likeness (QED) is 0.632. The number of benzene rings is 2. The van der Waals surface area contributed by atoms with Crippen LogP contribution in [0.15, 0.2) is 65.7 Å². The van der Waals surface area contributed by atoms with Gasteiger partial charge in [-0.15, -0.1) is 0 Å². The Morgan fingerprint density at radius 1 is 0.913 bits per heavy atom. The molecule has 0 heterocycles. The summed E-state index contributed by atoms with van der Waals surface area (Å²) in [4.78, 5) is 17.4. The number of ether oxygens (including phenoxy) is 1. The van der Waals surface area contributed by atoms with Crippen LogP contribution < -0.4 is 0 Å². The van der Waals surface area contributed by atoms with Crippen LogP contribution in [-0.4, -0.2) is 24.3 Å². The second-order valence-electron chi connectivity index (χ2n) is 5.92. The maximum atomic E-state index is 12.4. The molecule has 0 N–H and O–H groups in total. The molecule has 0 amide bonds. The molecule has 118 valence electrons. The van der Waals surface area contributed by atoms with Crippen LogP contribution in [0, 0.1) is 0 Å². The van der Waals surface area contributed by atoms with Crippen molar-refractivity contribution in [2.45, 2.75) is 31.2 Å². The number of nitrogens with zero attached hydrogens (tertiary/aromatic N) is 1. The predicted molar refractivity (Wildman–Crippen MR) is 91.7 cm³/mol. The van der Waals surface area contributed by atoms with Gasteiger partial charge in [0.05, 0.1) is 12.8 Å². The summed E-state index contributed by atoms with van der Waals surface area (Å²) >= 11 is 0. The molecule has 3 heteroatoms. The average molecular weight is 307 g/mol. The second-order valence-corrected chi connectivity index (χ2v) is 5.92. The van der Waals surface area contributed by atoms with Gasteiger partial charge in [0, 0.05) is 11.1 Å². The number of carbonyl (C=O) groups is 1. The van der Waals surface area contributed by atoms with Gasteiger partial charge in [-0.1, -0.05) is 73.5 Å². The van der Waals surface area contributed by atoms with Crippen molar-refractivity contribution in [1.82, 2.24) is 0 Å². The van der Waals surface area contributed by atoms with Gasteiger partial charge in [-0.2, -0.15) is 0 Å². The lowest BCUT2D eigenvalue weighted by Crippen LogP contribution is -2.36. The van der Waals surface area contributed by atoms with Crippen molar-refractivity contribution in [2.75, 3.05) is 7.11 Å². The van der Waals surface area contributed by atoms with Crippen molar-refractivity contribution in [3.63, 3.8) is 0 Å². The molecule has 3 rings (SSSR count). The van der Waals surface area contributed by atoms with Gasteiger partial charge in [-0.3, -0.25) is 4.99 Å². The first kappa shape index (κ1) is 15.5. The summed E-state index contributed by atoms with van der Waals surface area (Å²) in [5.74, 6) is -0.223. The molecule has 1 saturated carbocycles. The number of esters is 1. The molecule has 1 aliphatic rings. The summed E-state index contributed by atoms with van der Waals surface area (Å²) in [6.45, 7) is 0. The van der Waals surface area contributed by atoms with E-state index in [2.05, 4.69) is 0 Å². The third kappa shape index (κ3) is 3.19. The number of methoxy groups -OCH3 is 1. The van der Waals surface area contributed by atoms with E-state index < -0.39 is 5.54 Å². The fourth-order valence-corrected chi connectivity index (χ4v) is 3.21. The second kappa shape index (κ2) is 6.78. The van der Waals surface area contributed by atoms with E-state index in [1.807, 2.05) is 60.7 Å². The molecular weight excluding hydrogens is 286 g/mol. The summed E-state index contributed by atoms with van der Waals surface area (Å²) in [5, 5.41) is 0. The summed E-state index contributed by atoms with van der Waals surface area (Å²) in [6, 6.07) is 20.1. The number of rotatable bonds is 4. The molecule has 0 radical (unpaired) electrons. The maximum Gasteiger partial charge on any atom is 0.333 e. The first-order valence-electron chi connectivity index (χ1n) is 8.04. The average Bonchev–Trinajstić information content (AvgIpc) is 3.10. The molecule has 3 nitrogen and oxygen atoms in total. The van der Waals surface area contributed by atoms with Gasteiger partial charge in [0.25, 0.3) is 0 Å². The van der Waals surface area contributed by atoms with Crippen LogP contribution in [0.1, 0.15) is 36.8 Å². The van der Waals surface area contributed by atoms with Crippen molar-refractivity contribution in [1.29, 1.82) is 0 Å². The van der Waals surface area contributed by atoms with Crippen molar-refractivity contribution >= 4 is 11.7 Å². The van der Waals surface area contributed by atoms with E-state index in [4.69, 9.17) is 9.73 Å². The first-order valence-corrected chi connectivity index (χ1v) is 8.04. The highest BCUT2D eigenvalue weighted by atomic mass is 16.5. The minimum absolute atomic E-state index is 0.223. The Hall–Kier alpha value is -2.42. The highest BCUT2D eigenvalue weighted by Gasteiger charge is 2.42. The van der Waals surface area contributed by atoms with Crippen LogP contribution in [0.2, 0.25) is 0 Å². The van der Waals surface area contributed by atoms with E-state index in [1.165, 1.54) is 7.11 Å². The number of carbonyl (C=O) groups excluding carboxylic acids is 1. The summed E-state index contributed by atoms with van der Waals surface area (Å²) < 4.78 is 5.06. The largest absolute Gasteiger partial charge is 0.467 e. The Balaban J connectivity index is 2.13. The van der Waals surface area contributed by atoms with Gasteiger partial charge >= 0.3 is 5.97 Å². The van der Waals surface area contributed by atoms with E-state index >= 15 is 0 Å². The third-order valence-electron chi connectivity index (χ3n) is 4.42. The summed E-state index contributed by atoms with van der Waals surface area (Å²) in [6.07, 6.45) is 3.52. The van der Waals surface area contributed by atoms with Gasteiger partial charge in [0.15, 0.2) is 5.54 Å². The molecule has 1 aliphatic carbocycles. The van der Waals surface area contributed by atoms with E-state index in [0.717, 1.165) is 42.5 Å². The molecular formula is C20H21NO2.